The van der Waals surface area contributed by atoms with Crippen LogP contribution >= 0.6 is 0 Å². The molecule has 0 N–H and O–H groups in total. The molecule has 0 saturated carbocycles. The Balaban J connectivity index is 3.90. The van der Waals surface area contributed by atoms with Crippen LogP contribution in [0, 0.1) is 17.3 Å². The number of hydrogen-bond acceptors (Lipinski definition) is 2. The van der Waals surface area contributed by atoms with E-state index in [2.05, 4.69) is 39.8 Å². The molecule has 2 heteroatoms. The largest absolute Gasteiger partial charge is 0.465 e. The minimum absolute atomic E-state index is 0.0247. The lowest BCUT2D eigenvalue weighted by molar-refractivity contribution is -0.147. The second-order valence-electron chi connectivity index (χ2n) is 6.16. The van der Waals surface area contributed by atoms with Gasteiger partial charge < -0.3 is 4.74 Å². The van der Waals surface area contributed by atoms with Crippen LogP contribution in [0.15, 0.2) is 12.2 Å². The molecule has 0 radical (unpaired) electrons. The van der Waals surface area contributed by atoms with Gasteiger partial charge in [0.25, 0.3) is 0 Å². The van der Waals surface area contributed by atoms with E-state index in [1.165, 1.54) is 6.42 Å². The number of carbonyl (C=O) groups excluding carboxylic acids is 1. The van der Waals surface area contributed by atoms with Gasteiger partial charge in [-0.25, -0.2) is 0 Å². The van der Waals surface area contributed by atoms with E-state index in [-0.39, 0.29) is 17.3 Å². The monoisotopic (exact) mass is 254 g/mol. The minimum atomic E-state index is -0.0945. The maximum atomic E-state index is 11.3. The van der Waals surface area contributed by atoms with Crippen LogP contribution < -0.4 is 0 Å². The van der Waals surface area contributed by atoms with Crippen molar-refractivity contribution in [3.63, 3.8) is 0 Å². The highest BCUT2D eigenvalue weighted by Crippen LogP contribution is 2.25. The Morgan fingerprint density at radius 3 is 2.39 bits per heavy atom. The zero-order valence-corrected chi connectivity index (χ0v) is 13.0. The van der Waals surface area contributed by atoms with Crippen molar-refractivity contribution in [3.8, 4) is 0 Å². The predicted octanol–water partition coefficient (Wildman–Crippen LogP) is 4.59. The Hall–Kier alpha value is -0.790. The van der Waals surface area contributed by atoms with E-state index in [9.17, 15) is 4.79 Å². The van der Waals surface area contributed by atoms with Gasteiger partial charge in [-0.05, 0) is 24.2 Å². The first-order valence-electron chi connectivity index (χ1n) is 7.14. The number of rotatable bonds is 8. The molecule has 1 atom stereocenters. The highest BCUT2D eigenvalue weighted by atomic mass is 16.5. The van der Waals surface area contributed by atoms with Gasteiger partial charge in [0.05, 0.1) is 12.5 Å². The molecular weight excluding hydrogens is 224 g/mol. The highest BCUT2D eigenvalue weighted by molar-refractivity contribution is 5.71. The lowest BCUT2D eigenvalue weighted by Crippen LogP contribution is -2.14. The lowest BCUT2D eigenvalue weighted by Gasteiger charge is -2.20. The van der Waals surface area contributed by atoms with Crippen molar-refractivity contribution >= 4 is 5.97 Å². The van der Waals surface area contributed by atoms with Gasteiger partial charge >= 0.3 is 5.97 Å². The van der Waals surface area contributed by atoms with Gasteiger partial charge in [0, 0.05) is 0 Å². The molecule has 0 bridgehead atoms. The third-order valence-electron chi connectivity index (χ3n) is 3.20. The number of carbonyl (C=O) groups is 1. The van der Waals surface area contributed by atoms with Crippen LogP contribution in [0.5, 0.6) is 0 Å². The summed E-state index contributed by atoms with van der Waals surface area (Å²) < 4.78 is 5.18. The van der Waals surface area contributed by atoms with E-state index in [0.29, 0.717) is 12.5 Å². The summed E-state index contributed by atoms with van der Waals surface area (Å²) in [4.78, 5) is 11.3. The third-order valence-corrected chi connectivity index (χ3v) is 3.20. The third kappa shape index (κ3) is 8.32. The molecule has 1 unspecified atom stereocenters. The molecule has 0 heterocycles. The van der Waals surface area contributed by atoms with E-state index >= 15 is 0 Å². The first-order valence-corrected chi connectivity index (χ1v) is 7.14. The van der Waals surface area contributed by atoms with E-state index in [1.54, 1.807) is 0 Å². The maximum absolute atomic E-state index is 11.3. The Kier molecular flexibility index (Phi) is 7.97. The molecule has 2 nitrogen and oxygen atoms in total. The fourth-order valence-electron chi connectivity index (χ4n) is 1.51. The van der Waals surface area contributed by atoms with Crippen LogP contribution in [0.25, 0.3) is 0 Å². The molecule has 0 spiro atoms. The van der Waals surface area contributed by atoms with Gasteiger partial charge in [0.1, 0.15) is 0 Å². The summed E-state index contributed by atoms with van der Waals surface area (Å²) in [6.45, 7) is 13.2. The van der Waals surface area contributed by atoms with Gasteiger partial charge in [-0.15, -0.1) is 0 Å². The number of hydrogen-bond donors (Lipinski definition) is 0. The fourth-order valence-corrected chi connectivity index (χ4v) is 1.51. The van der Waals surface area contributed by atoms with Gasteiger partial charge in [-0.2, -0.15) is 0 Å². The van der Waals surface area contributed by atoms with Crippen molar-refractivity contribution in [3.05, 3.63) is 12.2 Å². The van der Waals surface area contributed by atoms with Crippen molar-refractivity contribution in [2.24, 2.45) is 17.3 Å². The molecule has 0 aliphatic rings. The summed E-state index contributed by atoms with van der Waals surface area (Å²) in [5.41, 5.74) is 0.188. The smallest absolute Gasteiger partial charge is 0.308 e. The standard InChI is InChI=1S/C16H30O2/c1-7-14(4)9-11-16(5,6)10-8-12-18-15(17)13(2)3/h9,11,13-14H,7-8,10,12H2,1-6H3/b11-9-. The van der Waals surface area contributed by atoms with E-state index in [0.717, 1.165) is 12.8 Å². The van der Waals surface area contributed by atoms with Crippen LogP contribution in [0.1, 0.15) is 60.8 Å². The van der Waals surface area contributed by atoms with Crippen LogP contribution in [0.4, 0.5) is 0 Å². The fraction of sp³-hybridized carbons (Fsp3) is 0.812. The first kappa shape index (κ1) is 17.2. The van der Waals surface area contributed by atoms with E-state index in [4.69, 9.17) is 4.74 Å². The first-order chi connectivity index (χ1) is 8.28. The van der Waals surface area contributed by atoms with Crippen LogP contribution in [0.2, 0.25) is 0 Å². The lowest BCUT2D eigenvalue weighted by atomic mass is 9.86. The Labute approximate surface area is 113 Å². The quantitative estimate of drug-likeness (QED) is 0.359. The van der Waals surface area contributed by atoms with Gasteiger partial charge in [0.15, 0.2) is 0 Å². The zero-order chi connectivity index (χ0) is 14.2. The molecular formula is C16H30O2. The molecule has 0 saturated heterocycles. The molecule has 0 aromatic carbocycles. The molecule has 106 valence electrons. The Morgan fingerprint density at radius 1 is 1.28 bits per heavy atom. The van der Waals surface area contributed by atoms with Crippen LogP contribution in [-0.4, -0.2) is 12.6 Å². The molecule has 0 aliphatic carbocycles. The summed E-state index contributed by atoms with van der Waals surface area (Å²) >= 11 is 0. The Morgan fingerprint density at radius 2 is 1.89 bits per heavy atom. The van der Waals surface area contributed by atoms with Crippen molar-refractivity contribution in [1.82, 2.24) is 0 Å². The highest BCUT2D eigenvalue weighted by Gasteiger charge is 2.14. The minimum Gasteiger partial charge on any atom is -0.465 e. The van der Waals surface area contributed by atoms with Gasteiger partial charge in [-0.1, -0.05) is 60.1 Å². The van der Waals surface area contributed by atoms with Crippen LogP contribution in [-0.2, 0) is 9.53 Å². The zero-order valence-electron chi connectivity index (χ0n) is 13.0. The Bertz CT molecular complexity index is 264. The van der Waals surface area contributed by atoms with Crippen molar-refractivity contribution in [1.29, 1.82) is 0 Å². The van der Waals surface area contributed by atoms with Crippen LogP contribution in [0.3, 0.4) is 0 Å². The van der Waals surface area contributed by atoms with Crippen molar-refractivity contribution in [2.75, 3.05) is 6.61 Å². The predicted molar refractivity (Wildman–Crippen MR) is 77.4 cm³/mol. The average Bonchev–Trinajstić information content (AvgIpc) is 2.31. The summed E-state index contributed by atoms with van der Waals surface area (Å²) in [5.74, 6) is 0.523. The van der Waals surface area contributed by atoms with Crippen molar-refractivity contribution in [2.45, 2.75) is 60.8 Å². The molecule has 0 fully saturated rings. The second-order valence-corrected chi connectivity index (χ2v) is 6.16. The van der Waals surface area contributed by atoms with Crippen molar-refractivity contribution < 1.29 is 9.53 Å². The maximum Gasteiger partial charge on any atom is 0.308 e. The SMILES string of the molecule is CCC(C)/C=C\C(C)(C)CCCOC(=O)C(C)C. The summed E-state index contributed by atoms with van der Waals surface area (Å²) in [5, 5.41) is 0. The second kappa shape index (κ2) is 8.34. The van der Waals surface area contributed by atoms with E-state index in [1.807, 2.05) is 13.8 Å². The molecule has 0 aromatic heterocycles. The molecule has 0 aromatic rings. The van der Waals surface area contributed by atoms with E-state index < -0.39 is 0 Å². The topological polar surface area (TPSA) is 26.3 Å². The van der Waals surface area contributed by atoms with Gasteiger partial charge in [-0.3, -0.25) is 4.79 Å². The molecule has 0 rings (SSSR count). The summed E-state index contributed by atoms with van der Waals surface area (Å²) in [7, 11) is 0. The molecule has 18 heavy (non-hydrogen) atoms. The number of esters is 1. The molecule has 0 amide bonds. The normalized spacial score (nSPS) is 14.2. The number of allylic oxidation sites excluding steroid dienone is 2. The number of ether oxygens (including phenoxy) is 1. The summed E-state index contributed by atoms with van der Waals surface area (Å²) in [6.07, 6.45) is 7.74. The average molecular weight is 254 g/mol. The van der Waals surface area contributed by atoms with Gasteiger partial charge in [0.2, 0.25) is 0 Å². The summed E-state index contributed by atoms with van der Waals surface area (Å²) in [6, 6.07) is 0. The molecule has 0 aliphatic heterocycles.